The first-order valence-electron chi connectivity index (χ1n) is 9.25. The minimum Gasteiger partial charge on any atom is -0.386 e. The molecule has 24 heavy (non-hydrogen) atoms. The number of rotatable bonds is 12. The maximum Gasteiger partial charge on any atom is 0.159 e. The zero-order chi connectivity index (χ0) is 17.8. The average molecular weight is 332 g/mol. The Balaban J connectivity index is 2.38. The third-order valence-corrected chi connectivity index (χ3v) is 4.60. The van der Waals surface area contributed by atoms with E-state index in [-0.39, 0.29) is 17.6 Å². The molecule has 134 valence electrons. The van der Waals surface area contributed by atoms with Gasteiger partial charge in [0.05, 0.1) is 0 Å². The second-order valence-corrected chi connectivity index (χ2v) is 6.84. The second-order valence-electron chi connectivity index (χ2n) is 6.84. The molecule has 1 aliphatic carbocycles. The number of unbranched alkanes of at least 4 members (excludes halogenated alkanes) is 1. The fourth-order valence-corrected chi connectivity index (χ4v) is 2.96. The average Bonchev–Trinajstić information content (AvgIpc) is 2.92. The minimum absolute atomic E-state index is 0.000516. The van der Waals surface area contributed by atoms with Gasteiger partial charge in [0.25, 0.3) is 0 Å². The van der Waals surface area contributed by atoms with Crippen molar-refractivity contribution in [3.8, 4) is 0 Å². The lowest BCUT2D eigenvalue weighted by atomic mass is 9.90. The summed E-state index contributed by atoms with van der Waals surface area (Å²) in [6, 6.07) is 0. The molecular formula is C21H32O3. The van der Waals surface area contributed by atoms with E-state index in [0.717, 1.165) is 6.42 Å². The van der Waals surface area contributed by atoms with Crippen LogP contribution in [-0.2, 0) is 9.59 Å². The largest absolute Gasteiger partial charge is 0.386 e. The van der Waals surface area contributed by atoms with Crippen molar-refractivity contribution < 1.29 is 14.7 Å². The Bertz CT molecular complexity index is 462. The van der Waals surface area contributed by atoms with Crippen LogP contribution in [0.1, 0.15) is 58.8 Å². The fourth-order valence-electron chi connectivity index (χ4n) is 2.96. The molecule has 0 aliphatic heterocycles. The van der Waals surface area contributed by atoms with E-state index >= 15 is 0 Å². The van der Waals surface area contributed by atoms with Crippen molar-refractivity contribution in [1.29, 1.82) is 0 Å². The molecule has 0 fully saturated rings. The normalized spacial score (nSPS) is 23.4. The molecule has 0 spiro atoms. The SMILES string of the molecule is CCCC[C@@H](C)CC=C[C@H]1C=CC(=O)[C@@H]1C/C=C\CCC(O)C=O. The van der Waals surface area contributed by atoms with Gasteiger partial charge >= 0.3 is 0 Å². The Hall–Kier alpha value is -1.48. The number of aldehydes is 1. The summed E-state index contributed by atoms with van der Waals surface area (Å²) < 4.78 is 0. The second kappa shape index (κ2) is 12.0. The lowest BCUT2D eigenvalue weighted by Gasteiger charge is -2.13. The van der Waals surface area contributed by atoms with Crippen LogP contribution in [-0.4, -0.2) is 23.3 Å². The predicted octanol–water partition coefficient (Wildman–Crippen LogP) is 4.42. The number of allylic oxidation sites excluding steroid dienone is 6. The van der Waals surface area contributed by atoms with Gasteiger partial charge in [0.2, 0.25) is 0 Å². The number of hydrogen-bond acceptors (Lipinski definition) is 3. The van der Waals surface area contributed by atoms with Gasteiger partial charge in [0.1, 0.15) is 12.4 Å². The van der Waals surface area contributed by atoms with Crippen LogP contribution in [0.25, 0.3) is 0 Å². The number of carbonyl (C=O) groups excluding carboxylic acids is 2. The number of hydrogen-bond donors (Lipinski definition) is 1. The molecule has 0 bridgehead atoms. The zero-order valence-corrected chi connectivity index (χ0v) is 15.1. The molecule has 0 heterocycles. The van der Waals surface area contributed by atoms with Crippen molar-refractivity contribution >= 4 is 12.1 Å². The van der Waals surface area contributed by atoms with Crippen molar-refractivity contribution in [3.63, 3.8) is 0 Å². The highest BCUT2D eigenvalue weighted by molar-refractivity contribution is 5.95. The molecule has 0 saturated heterocycles. The predicted molar refractivity (Wildman–Crippen MR) is 98.6 cm³/mol. The van der Waals surface area contributed by atoms with E-state index in [9.17, 15) is 14.7 Å². The van der Waals surface area contributed by atoms with Crippen LogP contribution in [0, 0.1) is 17.8 Å². The van der Waals surface area contributed by atoms with Crippen LogP contribution in [0.5, 0.6) is 0 Å². The van der Waals surface area contributed by atoms with Gasteiger partial charge in [-0.1, -0.05) is 63.5 Å². The van der Waals surface area contributed by atoms with E-state index in [1.165, 1.54) is 19.3 Å². The molecule has 0 saturated carbocycles. The zero-order valence-electron chi connectivity index (χ0n) is 15.1. The number of carbonyl (C=O) groups is 2. The van der Waals surface area contributed by atoms with Crippen molar-refractivity contribution in [1.82, 2.24) is 0 Å². The molecule has 0 radical (unpaired) electrons. The van der Waals surface area contributed by atoms with Crippen LogP contribution in [0.3, 0.4) is 0 Å². The summed E-state index contributed by atoms with van der Waals surface area (Å²) in [6.45, 7) is 4.50. The van der Waals surface area contributed by atoms with E-state index in [1.54, 1.807) is 6.08 Å². The summed E-state index contributed by atoms with van der Waals surface area (Å²) in [4.78, 5) is 22.3. The van der Waals surface area contributed by atoms with Crippen LogP contribution < -0.4 is 0 Å². The van der Waals surface area contributed by atoms with E-state index in [1.807, 2.05) is 18.2 Å². The smallest absolute Gasteiger partial charge is 0.159 e. The maximum atomic E-state index is 12.0. The van der Waals surface area contributed by atoms with Crippen LogP contribution in [0.2, 0.25) is 0 Å². The summed E-state index contributed by atoms with van der Waals surface area (Å²) in [5.41, 5.74) is 0. The Labute approximate surface area is 146 Å². The monoisotopic (exact) mass is 332 g/mol. The van der Waals surface area contributed by atoms with Crippen LogP contribution in [0.15, 0.2) is 36.5 Å². The molecule has 3 nitrogen and oxygen atoms in total. The van der Waals surface area contributed by atoms with Gasteiger partial charge in [0.15, 0.2) is 5.78 Å². The lowest BCUT2D eigenvalue weighted by Crippen LogP contribution is -2.13. The van der Waals surface area contributed by atoms with E-state index in [4.69, 9.17) is 0 Å². The third kappa shape index (κ3) is 7.87. The summed E-state index contributed by atoms with van der Waals surface area (Å²) in [5.74, 6) is 1.09. The number of ketones is 1. The first-order valence-corrected chi connectivity index (χ1v) is 9.25. The summed E-state index contributed by atoms with van der Waals surface area (Å²) >= 11 is 0. The highest BCUT2D eigenvalue weighted by Gasteiger charge is 2.26. The van der Waals surface area contributed by atoms with Gasteiger partial charge < -0.3 is 9.90 Å². The third-order valence-electron chi connectivity index (χ3n) is 4.60. The molecule has 0 aromatic rings. The highest BCUT2D eigenvalue weighted by atomic mass is 16.3. The molecular weight excluding hydrogens is 300 g/mol. The molecule has 3 heteroatoms. The van der Waals surface area contributed by atoms with Gasteiger partial charge in [-0.3, -0.25) is 4.79 Å². The Morgan fingerprint density at radius 3 is 2.75 bits per heavy atom. The van der Waals surface area contributed by atoms with Crippen molar-refractivity contribution in [2.75, 3.05) is 0 Å². The molecule has 1 unspecified atom stereocenters. The van der Waals surface area contributed by atoms with Crippen molar-refractivity contribution in [2.45, 2.75) is 64.9 Å². The van der Waals surface area contributed by atoms with Crippen molar-refractivity contribution in [2.24, 2.45) is 17.8 Å². The molecule has 0 amide bonds. The standard InChI is InChI=1S/C21H32O3/c1-3-4-9-17(2)10-8-11-18-14-15-21(24)20(18)13-7-5-6-12-19(23)16-22/h5,7-8,11,14-20,23H,3-4,6,9-10,12-13H2,1-2H3/b7-5-,11-8?/t17-,18+,19?,20-/m1/s1. The quantitative estimate of drug-likeness (QED) is 0.425. The lowest BCUT2D eigenvalue weighted by molar-refractivity contribution is -0.118. The molecule has 1 rings (SSSR count). The van der Waals surface area contributed by atoms with Crippen LogP contribution in [0.4, 0.5) is 0 Å². The first-order chi connectivity index (χ1) is 11.6. The van der Waals surface area contributed by atoms with Gasteiger partial charge in [-0.2, -0.15) is 0 Å². The van der Waals surface area contributed by atoms with Crippen molar-refractivity contribution in [3.05, 3.63) is 36.5 Å². The summed E-state index contributed by atoms with van der Waals surface area (Å²) in [6.07, 6.45) is 18.4. The summed E-state index contributed by atoms with van der Waals surface area (Å²) in [7, 11) is 0. The van der Waals surface area contributed by atoms with E-state index < -0.39 is 6.10 Å². The molecule has 0 aromatic carbocycles. The van der Waals surface area contributed by atoms with Crippen LogP contribution >= 0.6 is 0 Å². The number of aliphatic hydroxyl groups excluding tert-OH is 1. The Kier molecular flexibility index (Phi) is 10.3. The molecule has 1 N–H and O–H groups in total. The maximum absolute atomic E-state index is 12.0. The van der Waals surface area contributed by atoms with Gasteiger partial charge in [-0.15, -0.1) is 0 Å². The molecule has 0 aromatic heterocycles. The fraction of sp³-hybridized carbons (Fsp3) is 0.619. The Morgan fingerprint density at radius 1 is 1.25 bits per heavy atom. The Morgan fingerprint density at radius 2 is 2.04 bits per heavy atom. The van der Waals surface area contributed by atoms with Gasteiger partial charge in [0, 0.05) is 11.8 Å². The molecule has 1 aliphatic rings. The van der Waals surface area contributed by atoms with Gasteiger partial charge in [-0.05, 0) is 37.7 Å². The van der Waals surface area contributed by atoms with E-state index in [2.05, 4.69) is 26.0 Å². The van der Waals surface area contributed by atoms with E-state index in [0.29, 0.717) is 31.5 Å². The number of aliphatic hydroxyl groups is 1. The first kappa shape index (κ1) is 20.6. The minimum atomic E-state index is -0.880. The highest BCUT2D eigenvalue weighted by Crippen LogP contribution is 2.27. The topological polar surface area (TPSA) is 54.4 Å². The van der Waals surface area contributed by atoms with Gasteiger partial charge in [-0.25, -0.2) is 0 Å². The molecule has 4 atom stereocenters. The summed E-state index contributed by atoms with van der Waals surface area (Å²) in [5, 5.41) is 9.17.